The van der Waals surface area contributed by atoms with Gasteiger partial charge in [0.15, 0.2) is 0 Å². The molecule has 0 aliphatic carbocycles. The van der Waals surface area contributed by atoms with Gasteiger partial charge in [0.1, 0.15) is 34.7 Å². The molecule has 11 heteroatoms. The molecule has 40 heavy (non-hydrogen) atoms. The molecule has 206 valence electrons. The van der Waals surface area contributed by atoms with Gasteiger partial charge in [-0.1, -0.05) is 11.3 Å². The van der Waals surface area contributed by atoms with Crippen LogP contribution in [0.25, 0.3) is 16.8 Å². The average Bonchev–Trinajstić information content (AvgIpc) is 3.65. The monoisotopic (exact) mass is 539 g/mol. The molecule has 3 saturated heterocycles. The highest BCUT2D eigenvalue weighted by Crippen LogP contribution is 2.37. The molecule has 4 aromatic heterocycles. The molecule has 0 amide bonds. The summed E-state index contributed by atoms with van der Waals surface area (Å²) >= 11 is 0. The van der Waals surface area contributed by atoms with Gasteiger partial charge in [0.05, 0.1) is 48.9 Å². The lowest BCUT2D eigenvalue weighted by molar-refractivity contribution is -0.0735. The van der Waals surface area contributed by atoms with Gasteiger partial charge in [-0.3, -0.25) is 14.8 Å². The first-order valence-electron chi connectivity index (χ1n) is 14.0. The van der Waals surface area contributed by atoms with Gasteiger partial charge in [-0.05, 0) is 51.4 Å². The fraction of sp³-hybridized carbons (Fsp3) is 0.483. The Morgan fingerprint density at radius 3 is 2.67 bits per heavy atom. The number of likely N-dealkylation sites (N-methyl/N-ethyl adjacent to an activating group) is 1. The van der Waals surface area contributed by atoms with Crippen molar-refractivity contribution >= 4 is 5.52 Å². The molecule has 3 fully saturated rings. The second-order valence-electron chi connectivity index (χ2n) is 11.1. The van der Waals surface area contributed by atoms with E-state index in [1.54, 1.807) is 10.7 Å². The Morgan fingerprint density at radius 2 is 1.95 bits per heavy atom. The summed E-state index contributed by atoms with van der Waals surface area (Å²) in [6.07, 6.45) is 8.15. The van der Waals surface area contributed by atoms with Crippen LogP contribution in [0.15, 0.2) is 42.9 Å². The SMILES string of the molecule is Cc1c(-c2cc(O[C@@H]3CCN(C)[C@H]3c3ccccn3)c3c(C#N)cnn3c2)nnn1C1CCN(C2COC2)CC1. The lowest BCUT2D eigenvalue weighted by atomic mass is 10.0. The van der Waals surface area contributed by atoms with Crippen LogP contribution >= 0.6 is 0 Å². The number of nitriles is 1. The molecule has 3 aliphatic rings. The zero-order valence-electron chi connectivity index (χ0n) is 22.8. The van der Waals surface area contributed by atoms with Crippen molar-refractivity contribution in [3.8, 4) is 23.1 Å². The largest absolute Gasteiger partial charge is 0.486 e. The number of pyridine rings is 2. The van der Waals surface area contributed by atoms with Crippen LogP contribution in [0.4, 0.5) is 0 Å². The number of nitrogens with zero attached hydrogens (tertiary/aromatic N) is 9. The Morgan fingerprint density at radius 1 is 1.10 bits per heavy atom. The van der Waals surface area contributed by atoms with Crippen molar-refractivity contribution in [2.45, 2.75) is 50.4 Å². The van der Waals surface area contributed by atoms with Gasteiger partial charge in [-0.25, -0.2) is 9.20 Å². The lowest BCUT2D eigenvalue weighted by Gasteiger charge is -2.41. The molecule has 7 rings (SSSR count). The van der Waals surface area contributed by atoms with Crippen molar-refractivity contribution in [3.05, 3.63) is 59.8 Å². The first-order valence-corrected chi connectivity index (χ1v) is 14.0. The van der Waals surface area contributed by atoms with Crippen LogP contribution in [0, 0.1) is 18.3 Å². The molecule has 0 N–H and O–H groups in total. The first-order chi connectivity index (χ1) is 19.6. The van der Waals surface area contributed by atoms with E-state index in [0.29, 0.717) is 28.9 Å². The summed E-state index contributed by atoms with van der Waals surface area (Å²) in [4.78, 5) is 9.42. The molecule has 0 saturated carbocycles. The fourth-order valence-electron chi connectivity index (χ4n) is 6.43. The molecule has 4 aromatic rings. The molecule has 11 nitrogen and oxygen atoms in total. The minimum Gasteiger partial charge on any atom is -0.486 e. The van der Waals surface area contributed by atoms with Crippen LogP contribution in [0.5, 0.6) is 5.75 Å². The molecule has 0 bridgehead atoms. The van der Waals surface area contributed by atoms with E-state index in [2.05, 4.69) is 54.9 Å². The third-order valence-corrected chi connectivity index (χ3v) is 8.74. The minimum absolute atomic E-state index is 0.0124. The summed E-state index contributed by atoms with van der Waals surface area (Å²) < 4.78 is 15.9. The van der Waals surface area contributed by atoms with Gasteiger partial charge in [0.2, 0.25) is 0 Å². The van der Waals surface area contributed by atoms with E-state index in [-0.39, 0.29) is 12.1 Å². The number of hydrogen-bond acceptors (Lipinski definition) is 9. The van der Waals surface area contributed by atoms with Crippen LogP contribution in [-0.4, -0.2) is 91.4 Å². The van der Waals surface area contributed by atoms with Gasteiger partial charge in [0.25, 0.3) is 0 Å². The van der Waals surface area contributed by atoms with Gasteiger partial charge in [0, 0.05) is 37.6 Å². The van der Waals surface area contributed by atoms with Crippen LogP contribution in [0.3, 0.4) is 0 Å². The van der Waals surface area contributed by atoms with Gasteiger partial charge in [-0.15, -0.1) is 5.10 Å². The number of fused-ring (bicyclic) bond motifs is 1. The highest BCUT2D eigenvalue weighted by molar-refractivity contribution is 5.74. The van der Waals surface area contributed by atoms with Crippen molar-refractivity contribution in [2.24, 2.45) is 0 Å². The highest BCUT2D eigenvalue weighted by atomic mass is 16.5. The lowest BCUT2D eigenvalue weighted by Crippen LogP contribution is -2.52. The average molecular weight is 540 g/mol. The minimum atomic E-state index is -0.122. The summed E-state index contributed by atoms with van der Waals surface area (Å²) in [5.41, 5.74) is 4.81. The number of piperidine rings is 1. The Balaban J connectivity index is 1.20. The van der Waals surface area contributed by atoms with E-state index in [0.717, 1.165) is 74.8 Å². The summed E-state index contributed by atoms with van der Waals surface area (Å²) in [6.45, 7) is 6.78. The van der Waals surface area contributed by atoms with E-state index in [9.17, 15) is 5.26 Å². The third-order valence-electron chi connectivity index (χ3n) is 8.74. The first kappa shape index (κ1) is 25.1. The quantitative estimate of drug-likeness (QED) is 0.365. The Hall–Kier alpha value is -3.85. The molecule has 7 heterocycles. The molecular formula is C29H33N9O2. The predicted octanol–water partition coefficient (Wildman–Crippen LogP) is 3.03. The smallest absolute Gasteiger partial charge is 0.147 e. The number of likely N-dealkylation sites (tertiary alicyclic amines) is 2. The van der Waals surface area contributed by atoms with Crippen LogP contribution < -0.4 is 4.74 Å². The zero-order chi connectivity index (χ0) is 27.2. The molecule has 2 atom stereocenters. The molecule has 0 radical (unpaired) electrons. The molecular weight excluding hydrogens is 506 g/mol. The van der Waals surface area contributed by atoms with E-state index in [1.807, 2.05) is 36.7 Å². The predicted molar refractivity (Wildman–Crippen MR) is 147 cm³/mol. The second kappa shape index (κ2) is 10.3. The van der Waals surface area contributed by atoms with Crippen molar-refractivity contribution in [1.82, 2.24) is 39.4 Å². The standard InChI is InChI=1S/C29H33N9O2/c1-19-27(33-34-38(19)22-6-11-36(12-7-22)23-17-39-18-23)20-13-26(28-21(14-30)15-32-37(28)16-20)40-25-8-10-35(2)29(25)24-5-3-4-9-31-24/h3-5,9,13,15-16,22-23,25,29H,6-8,10-12,17-18H2,1-2H3/t25-,29+/m1/s1. The summed E-state index contributed by atoms with van der Waals surface area (Å²) in [5.74, 6) is 0.623. The van der Waals surface area contributed by atoms with Crippen LogP contribution in [-0.2, 0) is 4.74 Å². The number of ether oxygens (including phenoxy) is 2. The molecule has 0 spiro atoms. The Bertz CT molecular complexity index is 1550. The zero-order valence-corrected chi connectivity index (χ0v) is 22.8. The van der Waals surface area contributed by atoms with Crippen LogP contribution in [0.1, 0.15) is 48.3 Å². The highest BCUT2D eigenvalue weighted by Gasteiger charge is 2.36. The molecule has 3 aliphatic heterocycles. The van der Waals surface area contributed by atoms with Crippen molar-refractivity contribution in [3.63, 3.8) is 0 Å². The number of hydrogen-bond donors (Lipinski definition) is 0. The Labute approximate surface area is 232 Å². The van der Waals surface area contributed by atoms with E-state index < -0.39 is 0 Å². The number of rotatable bonds is 6. The van der Waals surface area contributed by atoms with E-state index in [1.165, 1.54) is 0 Å². The van der Waals surface area contributed by atoms with E-state index >= 15 is 0 Å². The third kappa shape index (κ3) is 4.33. The topological polar surface area (TPSA) is 110 Å². The maximum absolute atomic E-state index is 9.82. The number of aromatic nitrogens is 6. The summed E-state index contributed by atoms with van der Waals surface area (Å²) in [5, 5.41) is 23.5. The van der Waals surface area contributed by atoms with E-state index in [4.69, 9.17) is 9.47 Å². The summed E-state index contributed by atoms with van der Waals surface area (Å²) in [7, 11) is 2.10. The van der Waals surface area contributed by atoms with Crippen molar-refractivity contribution in [1.29, 1.82) is 5.26 Å². The molecule has 0 aromatic carbocycles. The summed E-state index contributed by atoms with van der Waals surface area (Å²) in [6, 6.07) is 11.1. The normalized spacial score (nSPS) is 22.9. The van der Waals surface area contributed by atoms with Gasteiger partial charge < -0.3 is 9.47 Å². The van der Waals surface area contributed by atoms with Crippen molar-refractivity contribution in [2.75, 3.05) is 39.9 Å². The van der Waals surface area contributed by atoms with Crippen molar-refractivity contribution < 1.29 is 9.47 Å². The fourth-order valence-corrected chi connectivity index (χ4v) is 6.43. The van der Waals surface area contributed by atoms with Gasteiger partial charge >= 0.3 is 0 Å². The van der Waals surface area contributed by atoms with Gasteiger partial charge in [-0.2, -0.15) is 10.4 Å². The molecule has 0 unspecified atom stereocenters. The maximum atomic E-state index is 9.82. The second-order valence-corrected chi connectivity index (χ2v) is 11.1. The van der Waals surface area contributed by atoms with Crippen LogP contribution in [0.2, 0.25) is 0 Å². The maximum Gasteiger partial charge on any atom is 0.147 e. The Kier molecular flexibility index (Phi) is 6.46.